The average molecular weight is 592 g/mol. The molecule has 6 atom stereocenters. The van der Waals surface area contributed by atoms with Crippen molar-refractivity contribution in [1.82, 2.24) is 4.90 Å². The fourth-order valence-corrected chi connectivity index (χ4v) is 9.89. The number of ether oxygens (including phenoxy) is 1. The van der Waals surface area contributed by atoms with E-state index < -0.39 is 28.6 Å². The van der Waals surface area contributed by atoms with E-state index in [4.69, 9.17) is 4.74 Å². The van der Waals surface area contributed by atoms with E-state index in [2.05, 4.69) is 29.1 Å². The molecule has 3 fully saturated rings. The molecule has 9 heteroatoms. The summed E-state index contributed by atoms with van der Waals surface area (Å²) in [6, 6.07) is 5.13. The Kier molecular flexibility index (Phi) is 8.55. The number of para-hydroxylation sites is 1. The molecule has 3 aliphatic heterocycles. The maximum atomic E-state index is 14.5. The molecule has 3 heterocycles. The molecule has 0 saturated carbocycles. The van der Waals surface area contributed by atoms with Gasteiger partial charge in [-0.15, -0.1) is 24.9 Å². The van der Waals surface area contributed by atoms with Gasteiger partial charge in [0, 0.05) is 35.5 Å². The third-order valence-electron chi connectivity index (χ3n) is 7.71. The number of carbonyl (C=O) groups is 3. The van der Waals surface area contributed by atoms with Crippen LogP contribution in [0.25, 0.3) is 0 Å². The summed E-state index contributed by atoms with van der Waals surface area (Å²) < 4.78 is 4.79. The molecule has 3 aliphatic rings. The van der Waals surface area contributed by atoms with Crippen molar-refractivity contribution >= 4 is 51.2 Å². The fourth-order valence-electron chi connectivity index (χ4n) is 6.30. The molecule has 0 radical (unpaired) electrons. The second-order valence-electron chi connectivity index (χ2n) is 10.00. The minimum atomic E-state index is -0.767. The first-order valence-corrected chi connectivity index (χ1v) is 14.5. The molecule has 1 aromatic carbocycles. The van der Waals surface area contributed by atoms with Gasteiger partial charge < -0.3 is 19.6 Å². The number of halogens is 1. The van der Waals surface area contributed by atoms with Crippen molar-refractivity contribution in [3.05, 3.63) is 54.6 Å². The minimum absolute atomic E-state index is 0.0281. The van der Waals surface area contributed by atoms with E-state index in [0.717, 1.165) is 16.8 Å². The zero-order chi connectivity index (χ0) is 26.9. The van der Waals surface area contributed by atoms with Crippen LogP contribution in [0.5, 0.6) is 0 Å². The van der Waals surface area contributed by atoms with E-state index in [-0.39, 0.29) is 41.6 Å². The van der Waals surface area contributed by atoms with Crippen LogP contribution >= 0.6 is 27.7 Å². The van der Waals surface area contributed by atoms with E-state index in [1.165, 1.54) is 0 Å². The van der Waals surface area contributed by atoms with Crippen molar-refractivity contribution in [3.8, 4) is 0 Å². The number of nitrogens with zero attached hydrogens (tertiary/aromatic N) is 2. The van der Waals surface area contributed by atoms with Crippen LogP contribution in [-0.4, -0.2) is 75.0 Å². The van der Waals surface area contributed by atoms with E-state index in [1.54, 1.807) is 33.7 Å². The molecule has 3 saturated heterocycles. The molecular formula is C28H35BrN2O5S. The van der Waals surface area contributed by atoms with Crippen LogP contribution in [0.2, 0.25) is 0 Å². The Bertz CT molecular complexity index is 1080. The third-order valence-corrected chi connectivity index (χ3v) is 10.9. The Morgan fingerprint density at radius 3 is 2.62 bits per heavy atom. The highest BCUT2D eigenvalue weighted by Crippen LogP contribution is 2.68. The molecule has 2 amide bonds. The SMILES string of the molecule is C=CCCOC(=O)[C@H]1[C@H]2C(=O)N(CCCO)C(C(=O)N(CC=C)c3c(C)cccc3C)C23CC(Br)[C@@H]1S3. The molecular weight excluding hydrogens is 556 g/mol. The number of amides is 2. The lowest BCUT2D eigenvalue weighted by molar-refractivity contribution is -0.154. The average Bonchev–Trinajstić information content (AvgIpc) is 3.45. The lowest BCUT2D eigenvalue weighted by Crippen LogP contribution is -2.56. The standard InChI is InChI=1S/C28H35BrN2O5S/c1-5-7-15-36-27(35)20-21-25(33)31(13-9-14-32)24(28(21)16-19(29)23(20)37-28)26(34)30(12-6-2)22-17(3)10-8-11-18(22)4/h5-6,8,10-11,19-21,23-24,32H,1-2,7,9,12-16H2,3-4H3/t19?,20-,21-,23-,24?,28?/m0/s1. The van der Waals surface area contributed by atoms with Crippen molar-refractivity contribution in [3.63, 3.8) is 0 Å². The zero-order valence-electron chi connectivity index (χ0n) is 21.4. The summed E-state index contributed by atoms with van der Waals surface area (Å²) in [5.74, 6) is -2.06. The van der Waals surface area contributed by atoms with Crippen molar-refractivity contribution < 1.29 is 24.2 Å². The van der Waals surface area contributed by atoms with Gasteiger partial charge in [0.05, 0.1) is 23.2 Å². The molecule has 3 unspecified atom stereocenters. The van der Waals surface area contributed by atoms with Gasteiger partial charge in [-0.25, -0.2) is 0 Å². The van der Waals surface area contributed by atoms with Gasteiger partial charge in [-0.2, -0.15) is 0 Å². The maximum absolute atomic E-state index is 14.5. The Morgan fingerprint density at radius 2 is 2.00 bits per heavy atom. The summed E-state index contributed by atoms with van der Waals surface area (Å²) in [5.41, 5.74) is 2.73. The van der Waals surface area contributed by atoms with Gasteiger partial charge in [0.15, 0.2) is 0 Å². The van der Waals surface area contributed by atoms with Gasteiger partial charge in [0.25, 0.3) is 5.91 Å². The Morgan fingerprint density at radius 1 is 1.30 bits per heavy atom. The number of carbonyl (C=O) groups excluding carboxylic acids is 3. The number of aryl methyl sites for hydroxylation is 2. The first-order valence-electron chi connectivity index (χ1n) is 12.7. The second kappa shape index (κ2) is 11.3. The molecule has 200 valence electrons. The van der Waals surface area contributed by atoms with E-state index in [1.807, 2.05) is 32.0 Å². The maximum Gasteiger partial charge on any atom is 0.310 e. The predicted molar refractivity (Wildman–Crippen MR) is 150 cm³/mol. The van der Waals surface area contributed by atoms with E-state index in [9.17, 15) is 19.5 Å². The van der Waals surface area contributed by atoms with E-state index >= 15 is 0 Å². The van der Waals surface area contributed by atoms with Gasteiger partial charge in [0.2, 0.25) is 5.91 Å². The Hall–Kier alpha value is -2.10. The van der Waals surface area contributed by atoms with Gasteiger partial charge in [-0.1, -0.05) is 46.3 Å². The largest absolute Gasteiger partial charge is 0.465 e. The number of benzene rings is 1. The first-order chi connectivity index (χ1) is 17.7. The van der Waals surface area contributed by atoms with Crippen LogP contribution in [0.1, 0.15) is 30.4 Å². The first kappa shape index (κ1) is 27.9. The normalized spacial score (nSPS) is 29.8. The summed E-state index contributed by atoms with van der Waals surface area (Å²) in [6.07, 6.45) is 4.86. The quantitative estimate of drug-likeness (QED) is 0.183. The zero-order valence-corrected chi connectivity index (χ0v) is 23.8. The molecule has 37 heavy (non-hydrogen) atoms. The number of fused-ring (bicyclic) bond motifs is 1. The molecule has 0 aromatic heterocycles. The van der Waals surface area contributed by atoms with Gasteiger partial charge >= 0.3 is 5.97 Å². The number of rotatable bonds is 11. The van der Waals surface area contributed by atoms with E-state index in [0.29, 0.717) is 25.8 Å². The Balaban J connectivity index is 1.78. The minimum Gasteiger partial charge on any atom is -0.465 e. The third kappa shape index (κ3) is 4.68. The summed E-state index contributed by atoms with van der Waals surface area (Å²) in [4.78, 5) is 45.1. The van der Waals surface area contributed by atoms with Crippen molar-refractivity contribution in [1.29, 1.82) is 0 Å². The molecule has 1 N–H and O–H groups in total. The fraction of sp³-hybridized carbons (Fsp3) is 0.536. The summed E-state index contributed by atoms with van der Waals surface area (Å²) in [6.45, 7) is 12.2. The van der Waals surface area contributed by atoms with Gasteiger partial charge in [-0.05, 0) is 44.2 Å². The summed E-state index contributed by atoms with van der Waals surface area (Å²) in [5, 5.41) is 9.42. The van der Waals surface area contributed by atoms with Gasteiger partial charge in [0.1, 0.15) is 6.04 Å². The summed E-state index contributed by atoms with van der Waals surface area (Å²) in [7, 11) is 0. The number of hydrogen-bond donors (Lipinski definition) is 1. The van der Waals surface area contributed by atoms with Crippen LogP contribution in [0.4, 0.5) is 5.69 Å². The van der Waals surface area contributed by atoms with Crippen LogP contribution in [-0.2, 0) is 19.1 Å². The number of hydrogen-bond acceptors (Lipinski definition) is 6. The van der Waals surface area contributed by atoms with Gasteiger partial charge in [-0.3, -0.25) is 14.4 Å². The molecule has 1 spiro atoms. The van der Waals surface area contributed by atoms with Crippen LogP contribution < -0.4 is 4.90 Å². The number of likely N-dealkylation sites (tertiary alicyclic amines) is 1. The highest BCUT2D eigenvalue weighted by atomic mass is 79.9. The lowest BCUT2D eigenvalue weighted by Gasteiger charge is -2.38. The molecule has 1 aromatic rings. The predicted octanol–water partition coefficient (Wildman–Crippen LogP) is 3.79. The number of esters is 1. The topological polar surface area (TPSA) is 87.1 Å². The van der Waals surface area contributed by atoms with Crippen molar-refractivity contribution in [2.24, 2.45) is 11.8 Å². The van der Waals surface area contributed by atoms with Crippen LogP contribution in [0.15, 0.2) is 43.5 Å². The summed E-state index contributed by atoms with van der Waals surface area (Å²) >= 11 is 5.35. The Labute approximate surface area is 231 Å². The second-order valence-corrected chi connectivity index (χ2v) is 12.7. The van der Waals surface area contributed by atoms with Crippen LogP contribution in [0.3, 0.4) is 0 Å². The molecule has 0 aliphatic carbocycles. The smallest absolute Gasteiger partial charge is 0.310 e. The van der Waals surface area contributed by atoms with Crippen LogP contribution in [0, 0.1) is 25.7 Å². The van der Waals surface area contributed by atoms with Crippen molar-refractivity contribution in [2.45, 2.75) is 54.0 Å². The molecule has 7 nitrogen and oxygen atoms in total. The monoisotopic (exact) mass is 590 g/mol. The highest BCUT2D eigenvalue weighted by molar-refractivity contribution is 9.09. The highest BCUT2D eigenvalue weighted by Gasteiger charge is 2.76. The number of aliphatic hydroxyl groups excluding tert-OH is 1. The van der Waals surface area contributed by atoms with Crippen molar-refractivity contribution in [2.75, 3.05) is 31.2 Å². The number of aliphatic hydroxyl groups is 1. The molecule has 2 bridgehead atoms. The number of thioether (sulfide) groups is 1. The number of anilines is 1. The lowest BCUT2D eigenvalue weighted by atomic mass is 9.71. The molecule has 4 rings (SSSR count). The number of alkyl halides is 1.